The van der Waals surface area contributed by atoms with Crippen LogP contribution in [-0.2, 0) is 11.2 Å². The molecule has 0 bridgehead atoms. The van der Waals surface area contributed by atoms with Crippen LogP contribution in [0, 0.1) is 13.8 Å². The standard InChI is InChI=1S/C27H23N5O2S/c1-17-11-12-21(18(2)15-17)31-25(34)20-8-4-6-10-23(20)32-26(31)28-29-27(32)35-16-24(33)30-14-13-19-7-3-5-9-22(19)30/h3-12,15H,13-14,16H2,1-2H3. The number of fused-ring (bicyclic) bond motifs is 4. The first-order valence-electron chi connectivity index (χ1n) is 11.5. The molecule has 8 heteroatoms. The minimum absolute atomic E-state index is 0.0312. The number of aryl methyl sites for hydroxylation is 2. The summed E-state index contributed by atoms with van der Waals surface area (Å²) in [6, 6.07) is 21.5. The van der Waals surface area contributed by atoms with Crippen LogP contribution in [0.15, 0.2) is 76.7 Å². The molecule has 1 aliphatic heterocycles. The predicted molar refractivity (Wildman–Crippen MR) is 139 cm³/mol. The molecule has 1 amide bonds. The molecule has 0 unspecified atom stereocenters. The van der Waals surface area contributed by atoms with Crippen LogP contribution in [0.3, 0.4) is 0 Å². The van der Waals surface area contributed by atoms with Gasteiger partial charge in [0, 0.05) is 12.2 Å². The summed E-state index contributed by atoms with van der Waals surface area (Å²) in [6.45, 7) is 4.70. The lowest BCUT2D eigenvalue weighted by atomic mass is 10.1. The van der Waals surface area contributed by atoms with Gasteiger partial charge in [0.1, 0.15) is 0 Å². The summed E-state index contributed by atoms with van der Waals surface area (Å²) >= 11 is 1.34. The molecule has 1 aliphatic rings. The van der Waals surface area contributed by atoms with Gasteiger partial charge in [-0.05, 0) is 55.7 Å². The van der Waals surface area contributed by atoms with Crippen molar-refractivity contribution in [2.75, 3.05) is 17.2 Å². The van der Waals surface area contributed by atoms with Gasteiger partial charge in [0.15, 0.2) is 5.16 Å². The fraction of sp³-hybridized carbons (Fsp3) is 0.185. The molecular formula is C27H23N5O2S. The van der Waals surface area contributed by atoms with Crippen LogP contribution < -0.4 is 10.5 Å². The van der Waals surface area contributed by atoms with Crippen molar-refractivity contribution in [3.8, 4) is 5.69 Å². The number of benzene rings is 3. The lowest BCUT2D eigenvalue weighted by Gasteiger charge is -2.17. The highest BCUT2D eigenvalue weighted by molar-refractivity contribution is 7.99. The number of carbonyl (C=O) groups is 1. The molecule has 6 rings (SSSR count). The normalized spacial score (nSPS) is 13.0. The number of thioether (sulfide) groups is 1. The molecule has 5 aromatic rings. The summed E-state index contributed by atoms with van der Waals surface area (Å²) in [6.07, 6.45) is 0.868. The van der Waals surface area contributed by atoms with Gasteiger partial charge in [-0.3, -0.25) is 14.0 Å². The number of carbonyl (C=O) groups excluding carboxylic acids is 1. The maximum atomic E-state index is 13.6. The molecule has 0 saturated heterocycles. The summed E-state index contributed by atoms with van der Waals surface area (Å²) in [5.74, 6) is 0.692. The van der Waals surface area contributed by atoms with Gasteiger partial charge >= 0.3 is 0 Å². The van der Waals surface area contributed by atoms with Crippen molar-refractivity contribution in [2.45, 2.75) is 25.4 Å². The summed E-state index contributed by atoms with van der Waals surface area (Å²) in [5.41, 5.74) is 5.62. The van der Waals surface area contributed by atoms with Crippen LogP contribution in [0.5, 0.6) is 0 Å². The van der Waals surface area contributed by atoms with E-state index in [0.717, 1.165) is 34.4 Å². The zero-order chi connectivity index (χ0) is 24.1. The van der Waals surface area contributed by atoms with E-state index in [1.807, 2.05) is 83.8 Å². The van der Waals surface area contributed by atoms with E-state index < -0.39 is 0 Å². The van der Waals surface area contributed by atoms with Gasteiger partial charge < -0.3 is 4.90 Å². The molecule has 0 aliphatic carbocycles. The van der Waals surface area contributed by atoms with Crippen molar-refractivity contribution in [3.63, 3.8) is 0 Å². The Balaban J connectivity index is 1.43. The average Bonchev–Trinajstić information content (AvgIpc) is 3.48. The molecule has 2 aromatic heterocycles. The van der Waals surface area contributed by atoms with Gasteiger partial charge in [0.2, 0.25) is 11.7 Å². The first-order valence-corrected chi connectivity index (χ1v) is 12.5. The first-order chi connectivity index (χ1) is 17.0. The summed E-state index contributed by atoms with van der Waals surface area (Å²) in [4.78, 5) is 28.5. The number of hydrogen-bond donors (Lipinski definition) is 0. The smallest absolute Gasteiger partial charge is 0.267 e. The van der Waals surface area contributed by atoms with Crippen molar-refractivity contribution < 1.29 is 4.79 Å². The number of anilines is 1. The Morgan fingerprint density at radius 3 is 2.63 bits per heavy atom. The van der Waals surface area contributed by atoms with Crippen molar-refractivity contribution in [1.82, 2.24) is 19.2 Å². The highest BCUT2D eigenvalue weighted by Gasteiger charge is 2.25. The topological polar surface area (TPSA) is 72.5 Å². The SMILES string of the molecule is Cc1ccc(-n2c(=O)c3ccccc3n3c(SCC(=O)N4CCc5ccccc54)nnc23)c(C)c1. The minimum Gasteiger partial charge on any atom is -0.311 e. The van der Waals surface area contributed by atoms with Crippen LogP contribution in [0.4, 0.5) is 5.69 Å². The van der Waals surface area contributed by atoms with E-state index >= 15 is 0 Å². The first kappa shape index (κ1) is 21.6. The van der Waals surface area contributed by atoms with Gasteiger partial charge in [0.25, 0.3) is 5.56 Å². The molecular weight excluding hydrogens is 458 g/mol. The van der Waals surface area contributed by atoms with E-state index in [0.29, 0.717) is 22.9 Å². The van der Waals surface area contributed by atoms with E-state index in [1.54, 1.807) is 4.57 Å². The van der Waals surface area contributed by atoms with Crippen molar-refractivity contribution in [1.29, 1.82) is 0 Å². The summed E-state index contributed by atoms with van der Waals surface area (Å²) < 4.78 is 3.50. The second-order valence-electron chi connectivity index (χ2n) is 8.78. The second-order valence-corrected chi connectivity index (χ2v) is 9.72. The van der Waals surface area contributed by atoms with Crippen LogP contribution in [0.25, 0.3) is 22.4 Å². The Hall–Kier alpha value is -3.91. The third-order valence-electron chi connectivity index (χ3n) is 6.50. The lowest BCUT2D eigenvalue weighted by Crippen LogP contribution is -2.30. The molecule has 0 saturated carbocycles. The van der Waals surface area contributed by atoms with Gasteiger partial charge in [-0.15, -0.1) is 10.2 Å². The third-order valence-corrected chi connectivity index (χ3v) is 7.41. The number of nitrogens with zero attached hydrogens (tertiary/aromatic N) is 5. The van der Waals surface area contributed by atoms with Crippen LogP contribution in [-0.4, -0.2) is 37.4 Å². The molecule has 35 heavy (non-hydrogen) atoms. The number of hydrogen-bond acceptors (Lipinski definition) is 5. The minimum atomic E-state index is -0.145. The Bertz CT molecular complexity index is 1690. The maximum absolute atomic E-state index is 13.6. The largest absolute Gasteiger partial charge is 0.311 e. The summed E-state index contributed by atoms with van der Waals surface area (Å²) in [5, 5.41) is 9.97. The molecule has 0 fully saturated rings. The highest BCUT2D eigenvalue weighted by atomic mass is 32.2. The average molecular weight is 482 g/mol. The predicted octanol–water partition coefficient (Wildman–Crippen LogP) is 4.33. The third kappa shape index (κ3) is 3.52. The highest BCUT2D eigenvalue weighted by Crippen LogP contribution is 2.29. The van der Waals surface area contributed by atoms with Gasteiger partial charge in [-0.1, -0.05) is 59.8 Å². The van der Waals surface area contributed by atoms with E-state index in [9.17, 15) is 9.59 Å². The van der Waals surface area contributed by atoms with E-state index in [2.05, 4.69) is 16.3 Å². The monoisotopic (exact) mass is 481 g/mol. The van der Waals surface area contributed by atoms with E-state index in [1.165, 1.54) is 17.3 Å². The van der Waals surface area contributed by atoms with E-state index in [4.69, 9.17) is 0 Å². The Labute approximate surface area is 206 Å². The number of rotatable bonds is 4. The maximum Gasteiger partial charge on any atom is 0.267 e. The van der Waals surface area contributed by atoms with Gasteiger partial charge in [0.05, 0.1) is 22.3 Å². The van der Waals surface area contributed by atoms with Crippen LogP contribution in [0.2, 0.25) is 0 Å². The second kappa shape index (κ2) is 8.39. The molecule has 0 atom stereocenters. The molecule has 0 N–H and O–H groups in total. The molecule has 3 heterocycles. The zero-order valence-corrected chi connectivity index (χ0v) is 20.2. The molecule has 3 aromatic carbocycles. The fourth-order valence-corrected chi connectivity index (χ4v) is 5.66. The van der Waals surface area contributed by atoms with Gasteiger partial charge in [-0.2, -0.15) is 0 Å². The molecule has 0 radical (unpaired) electrons. The Morgan fingerprint density at radius 2 is 1.77 bits per heavy atom. The Morgan fingerprint density at radius 1 is 0.971 bits per heavy atom. The van der Waals surface area contributed by atoms with Crippen LogP contribution in [0.1, 0.15) is 16.7 Å². The Kier molecular flexibility index (Phi) is 5.18. The quantitative estimate of drug-likeness (QED) is 0.357. The fourth-order valence-electron chi connectivity index (χ4n) is 4.85. The van der Waals surface area contributed by atoms with Crippen LogP contribution >= 0.6 is 11.8 Å². The molecule has 174 valence electrons. The number of aromatic nitrogens is 4. The number of para-hydroxylation sites is 2. The molecule has 0 spiro atoms. The van der Waals surface area contributed by atoms with E-state index in [-0.39, 0.29) is 17.2 Å². The van der Waals surface area contributed by atoms with Crippen molar-refractivity contribution in [2.24, 2.45) is 0 Å². The lowest BCUT2D eigenvalue weighted by molar-refractivity contribution is -0.116. The van der Waals surface area contributed by atoms with Crippen molar-refractivity contribution >= 4 is 40.0 Å². The number of amides is 1. The molecule has 7 nitrogen and oxygen atoms in total. The zero-order valence-electron chi connectivity index (χ0n) is 19.4. The van der Waals surface area contributed by atoms with Crippen molar-refractivity contribution in [3.05, 3.63) is 93.8 Å². The summed E-state index contributed by atoms with van der Waals surface area (Å²) in [7, 11) is 0. The van der Waals surface area contributed by atoms with Gasteiger partial charge in [-0.25, -0.2) is 4.57 Å².